The van der Waals surface area contributed by atoms with Crippen LogP contribution in [0.1, 0.15) is 15.9 Å². The third-order valence-electron chi connectivity index (χ3n) is 5.19. The van der Waals surface area contributed by atoms with Gasteiger partial charge in [0.15, 0.2) is 0 Å². The van der Waals surface area contributed by atoms with Gasteiger partial charge >= 0.3 is 0 Å². The van der Waals surface area contributed by atoms with Crippen LogP contribution in [0.15, 0.2) is 71.6 Å². The molecule has 10 heteroatoms. The van der Waals surface area contributed by atoms with E-state index in [0.717, 1.165) is 22.0 Å². The lowest BCUT2D eigenvalue weighted by Gasteiger charge is -2.26. The predicted octanol–water partition coefficient (Wildman–Crippen LogP) is 3.82. The minimum Gasteiger partial charge on any atom is -0.489 e. The number of ether oxygens (including phenoxy) is 2. The Bertz CT molecular complexity index is 1280. The second-order valence-corrected chi connectivity index (χ2v) is 9.47. The molecule has 0 aromatic heterocycles. The van der Waals surface area contributed by atoms with Gasteiger partial charge in [-0.2, -0.15) is 4.31 Å². The Morgan fingerprint density at radius 1 is 1.00 bits per heavy atom. The van der Waals surface area contributed by atoms with Crippen LogP contribution < -0.4 is 10.1 Å². The van der Waals surface area contributed by atoms with E-state index in [2.05, 4.69) is 5.32 Å². The van der Waals surface area contributed by atoms with Crippen LogP contribution in [0.3, 0.4) is 0 Å². The smallest absolute Gasteiger partial charge is 0.255 e. The highest BCUT2D eigenvalue weighted by atomic mass is 32.2. The number of anilines is 1. The highest BCUT2D eigenvalue weighted by Crippen LogP contribution is 2.25. The van der Waals surface area contributed by atoms with Crippen molar-refractivity contribution in [1.82, 2.24) is 4.31 Å². The van der Waals surface area contributed by atoms with Crippen LogP contribution in [-0.2, 0) is 21.4 Å². The number of amides is 1. The molecule has 7 nitrogen and oxygen atoms in total. The van der Waals surface area contributed by atoms with Crippen molar-refractivity contribution in [1.29, 1.82) is 0 Å². The van der Waals surface area contributed by atoms with Gasteiger partial charge in [-0.3, -0.25) is 4.79 Å². The van der Waals surface area contributed by atoms with E-state index in [4.69, 9.17) is 9.47 Å². The van der Waals surface area contributed by atoms with Gasteiger partial charge in [-0.05, 0) is 54.1 Å². The van der Waals surface area contributed by atoms with Gasteiger partial charge in [-0.1, -0.05) is 18.2 Å². The van der Waals surface area contributed by atoms with Crippen molar-refractivity contribution < 1.29 is 31.5 Å². The van der Waals surface area contributed by atoms with E-state index >= 15 is 0 Å². The lowest BCUT2D eigenvalue weighted by atomic mass is 10.2. The van der Waals surface area contributed by atoms with Crippen molar-refractivity contribution in [2.24, 2.45) is 0 Å². The molecule has 0 atom stereocenters. The molecule has 0 bridgehead atoms. The average molecular weight is 489 g/mol. The van der Waals surface area contributed by atoms with E-state index in [0.29, 0.717) is 5.75 Å². The Morgan fingerprint density at radius 2 is 1.74 bits per heavy atom. The molecule has 4 rings (SSSR count). The molecule has 3 aromatic rings. The molecule has 0 radical (unpaired) electrons. The highest BCUT2D eigenvalue weighted by Gasteiger charge is 2.29. The summed E-state index contributed by atoms with van der Waals surface area (Å²) >= 11 is 0. The standard InChI is InChI=1S/C24H22F2N2O5S/c25-19-6-4-17(5-7-19)16-33-21-3-1-2-18(14-21)24(29)27-20-8-9-22(26)23(15-20)34(30,31)28-10-12-32-13-11-28/h1-9,14-15H,10-13,16H2,(H,27,29). The number of rotatable bonds is 7. The van der Waals surface area contributed by atoms with Crippen LogP contribution in [0.25, 0.3) is 0 Å². The van der Waals surface area contributed by atoms with E-state index < -0.39 is 26.6 Å². The lowest BCUT2D eigenvalue weighted by molar-refractivity contribution is 0.0729. The first-order chi connectivity index (χ1) is 16.3. The van der Waals surface area contributed by atoms with Gasteiger partial charge in [-0.25, -0.2) is 17.2 Å². The van der Waals surface area contributed by atoms with Gasteiger partial charge in [-0.15, -0.1) is 0 Å². The van der Waals surface area contributed by atoms with Gasteiger partial charge in [0, 0.05) is 24.3 Å². The quantitative estimate of drug-likeness (QED) is 0.547. The summed E-state index contributed by atoms with van der Waals surface area (Å²) in [5.74, 6) is -1.34. The van der Waals surface area contributed by atoms with Crippen molar-refractivity contribution in [3.63, 3.8) is 0 Å². The number of nitrogens with one attached hydrogen (secondary N) is 1. The Balaban J connectivity index is 1.47. The highest BCUT2D eigenvalue weighted by molar-refractivity contribution is 7.89. The van der Waals surface area contributed by atoms with E-state index in [9.17, 15) is 22.0 Å². The fourth-order valence-corrected chi connectivity index (χ4v) is 4.88. The van der Waals surface area contributed by atoms with E-state index in [1.54, 1.807) is 30.3 Å². The maximum atomic E-state index is 14.4. The Labute approximate surface area is 196 Å². The molecular weight excluding hydrogens is 466 g/mol. The van der Waals surface area contributed by atoms with E-state index in [1.807, 2.05) is 0 Å². The zero-order chi connectivity index (χ0) is 24.1. The second-order valence-electron chi connectivity index (χ2n) is 7.56. The summed E-state index contributed by atoms with van der Waals surface area (Å²) in [5, 5.41) is 2.60. The molecule has 34 heavy (non-hydrogen) atoms. The molecule has 178 valence electrons. The normalized spacial score (nSPS) is 14.5. The van der Waals surface area contributed by atoms with Crippen molar-refractivity contribution in [2.45, 2.75) is 11.5 Å². The van der Waals surface area contributed by atoms with Gasteiger partial charge in [0.25, 0.3) is 5.91 Å². The van der Waals surface area contributed by atoms with Crippen molar-refractivity contribution >= 4 is 21.6 Å². The largest absolute Gasteiger partial charge is 0.489 e. The summed E-state index contributed by atoms with van der Waals surface area (Å²) in [5.41, 5.74) is 1.16. The molecule has 0 spiro atoms. The third-order valence-corrected chi connectivity index (χ3v) is 7.11. The predicted molar refractivity (Wildman–Crippen MR) is 121 cm³/mol. The fraction of sp³-hybridized carbons (Fsp3) is 0.208. The minimum absolute atomic E-state index is 0.128. The number of carbonyl (C=O) groups is 1. The average Bonchev–Trinajstić information content (AvgIpc) is 2.85. The molecule has 1 amide bonds. The summed E-state index contributed by atoms with van der Waals surface area (Å²) in [6.45, 7) is 0.909. The zero-order valence-corrected chi connectivity index (χ0v) is 18.9. The Hall–Kier alpha value is -3.34. The van der Waals surface area contributed by atoms with Crippen molar-refractivity contribution in [3.05, 3.63) is 89.5 Å². The van der Waals surface area contributed by atoms with E-state index in [1.165, 1.54) is 24.3 Å². The number of benzene rings is 3. The first kappa shape index (κ1) is 23.8. The monoisotopic (exact) mass is 488 g/mol. The summed E-state index contributed by atoms with van der Waals surface area (Å²) in [7, 11) is -4.08. The van der Waals surface area contributed by atoms with Crippen molar-refractivity contribution in [3.8, 4) is 5.75 Å². The molecule has 1 saturated heterocycles. The van der Waals surface area contributed by atoms with Gasteiger partial charge in [0.1, 0.15) is 28.9 Å². The van der Waals surface area contributed by atoms with Crippen LogP contribution in [0, 0.1) is 11.6 Å². The molecule has 1 fully saturated rings. The summed E-state index contributed by atoms with van der Waals surface area (Å²) in [6.07, 6.45) is 0. The molecule has 1 N–H and O–H groups in total. The zero-order valence-electron chi connectivity index (χ0n) is 18.0. The number of halogens is 2. The number of morpholine rings is 1. The van der Waals surface area contributed by atoms with Crippen LogP contribution in [0.5, 0.6) is 5.75 Å². The fourth-order valence-electron chi connectivity index (χ4n) is 3.38. The SMILES string of the molecule is O=C(Nc1ccc(F)c(S(=O)(=O)N2CCOCC2)c1)c1cccc(OCc2ccc(F)cc2)c1. The number of hydrogen-bond donors (Lipinski definition) is 1. The number of nitrogens with zero attached hydrogens (tertiary/aromatic N) is 1. The molecule has 3 aromatic carbocycles. The Kier molecular flexibility index (Phi) is 7.20. The Morgan fingerprint density at radius 3 is 2.47 bits per heavy atom. The third kappa shape index (κ3) is 5.58. The van der Waals surface area contributed by atoms with Crippen LogP contribution in [0.2, 0.25) is 0 Å². The summed E-state index contributed by atoms with van der Waals surface area (Å²) < 4.78 is 65.1. The molecule has 0 unspecified atom stereocenters. The molecule has 1 aliphatic heterocycles. The van der Waals surface area contributed by atoms with Crippen LogP contribution in [-0.4, -0.2) is 44.9 Å². The maximum absolute atomic E-state index is 14.4. The minimum atomic E-state index is -4.08. The van der Waals surface area contributed by atoms with Gasteiger partial charge < -0.3 is 14.8 Å². The summed E-state index contributed by atoms with van der Waals surface area (Å²) in [4.78, 5) is 12.2. The molecule has 0 saturated carbocycles. The lowest BCUT2D eigenvalue weighted by Crippen LogP contribution is -2.40. The topological polar surface area (TPSA) is 84.9 Å². The van der Waals surface area contributed by atoms with Crippen LogP contribution >= 0.6 is 0 Å². The molecule has 1 aliphatic rings. The first-order valence-corrected chi connectivity index (χ1v) is 11.9. The number of carbonyl (C=O) groups excluding carboxylic acids is 1. The molecular formula is C24H22F2N2O5S. The number of sulfonamides is 1. The maximum Gasteiger partial charge on any atom is 0.255 e. The first-order valence-electron chi connectivity index (χ1n) is 10.5. The van der Waals surface area contributed by atoms with E-state index in [-0.39, 0.29) is 50.0 Å². The molecule has 0 aliphatic carbocycles. The summed E-state index contributed by atoms with van der Waals surface area (Å²) in [6, 6.07) is 15.7. The van der Waals surface area contributed by atoms with Crippen molar-refractivity contribution in [2.75, 3.05) is 31.6 Å². The molecule has 1 heterocycles. The number of hydrogen-bond acceptors (Lipinski definition) is 5. The van der Waals surface area contributed by atoms with Crippen LogP contribution in [0.4, 0.5) is 14.5 Å². The van der Waals surface area contributed by atoms with Gasteiger partial charge in [0.05, 0.1) is 13.2 Å². The van der Waals surface area contributed by atoms with Gasteiger partial charge in [0.2, 0.25) is 10.0 Å². The second kappa shape index (κ2) is 10.3.